The van der Waals surface area contributed by atoms with Crippen LogP contribution in [0.15, 0.2) is 24.3 Å². The maximum absolute atomic E-state index is 11.9. The van der Waals surface area contributed by atoms with Gasteiger partial charge < -0.3 is 10.1 Å². The molecule has 0 amide bonds. The lowest BCUT2D eigenvalue weighted by molar-refractivity contribution is 0.270. The first kappa shape index (κ1) is 11.0. The molecule has 0 saturated carbocycles. The second-order valence-electron chi connectivity index (χ2n) is 2.93. The van der Waals surface area contributed by atoms with Crippen LogP contribution in [0.25, 0.3) is 0 Å². The lowest BCUT2D eigenvalue weighted by Gasteiger charge is -2.10. The molecule has 0 fully saturated rings. The number of hydrogen-bond donors (Lipinski definition) is 1. The van der Waals surface area contributed by atoms with Crippen molar-refractivity contribution in [2.45, 2.75) is 13.5 Å². The maximum Gasteiger partial charge on any atom is 0.123 e. The monoisotopic (exact) mass is 197 g/mol. The van der Waals surface area contributed by atoms with Crippen molar-refractivity contribution in [2.24, 2.45) is 0 Å². The Kier molecular flexibility index (Phi) is 5.00. The molecule has 1 aromatic carbocycles. The molecule has 0 aliphatic carbocycles. The SMILES string of the molecule is CCNCc1ccccc1OCCF. The molecule has 0 aliphatic heterocycles. The Hall–Kier alpha value is -1.09. The van der Waals surface area contributed by atoms with Gasteiger partial charge in [-0.25, -0.2) is 4.39 Å². The van der Waals surface area contributed by atoms with E-state index in [2.05, 4.69) is 5.32 Å². The van der Waals surface area contributed by atoms with Crippen LogP contribution in [0.1, 0.15) is 12.5 Å². The van der Waals surface area contributed by atoms with Gasteiger partial charge in [-0.05, 0) is 12.6 Å². The van der Waals surface area contributed by atoms with Gasteiger partial charge in [0.1, 0.15) is 19.0 Å². The minimum atomic E-state index is -0.449. The summed E-state index contributed by atoms with van der Waals surface area (Å²) >= 11 is 0. The lowest BCUT2D eigenvalue weighted by Crippen LogP contribution is -2.13. The Labute approximate surface area is 84.1 Å². The van der Waals surface area contributed by atoms with Gasteiger partial charge in [0.05, 0.1) is 0 Å². The van der Waals surface area contributed by atoms with Crippen molar-refractivity contribution in [1.29, 1.82) is 0 Å². The van der Waals surface area contributed by atoms with Gasteiger partial charge in [-0.1, -0.05) is 25.1 Å². The van der Waals surface area contributed by atoms with Crippen LogP contribution in [0, 0.1) is 0 Å². The Morgan fingerprint density at radius 3 is 2.86 bits per heavy atom. The molecule has 0 radical (unpaired) electrons. The Bertz CT molecular complexity index is 238. The van der Waals surface area contributed by atoms with Crippen LogP contribution in [-0.2, 0) is 6.54 Å². The third-order valence-corrected chi connectivity index (χ3v) is 1.87. The fraction of sp³-hybridized carbons (Fsp3) is 0.455. The summed E-state index contributed by atoms with van der Waals surface area (Å²) in [6, 6.07) is 7.69. The zero-order valence-corrected chi connectivity index (χ0v) is 8.42. The van der Waals surface area contributed by atoms with E-state index in [0.717, 1.165) is 24.4 Å². The van der Waals surface area contributed by atoms with Crippen molar-refractivity contribution in [3.8, 4) is 5.75 Å². The standard InChI is InChI=1S/C11H16FNO/c1-2-13-9-10-5-3-4-6-11(10)14-8-7-12/h3-6,13H,2,7-9H2,1H3. The number of hydrogen-bond acceptors (Lipinski definition) is 2. The number of rotatable bonds is 6. The summed E-state index contributed by atoms with van der Waals surface area (Å²) in [5.74, 6) is 0.770. The molecule has 78 valence electrons. The van der Waals surface area contributed by atoms with Crippen LogP contribution in [0.5, 0.6) is 5.75 Å². The molecule has 14 heavy (non-hydrogen) atoms. The van der Waals surface area contributed by atoms with E-state index in [1.54, 1.807) is 0 Å². The molecule has 0 atom stereocenters. The van der Waals surface area contributed by atoms with E-state index < -0.39 is 6.67 Å². The van der Waals surface area contributed by atoms with E-state index in [9.17, 15) is 4.39 Å². The number of halogens is 1. The molecular formula is C11H16FNO. The van der Waals surface area contributed by atoms with Crippen molar-refractivity contribution < 1.29 is 9.13 Å². The van der Waals surface area contributed by atoms with Crippen LogP contribution in [-0.4, -0.2) is 19.8 Å². The highest BCUT2D eigenvalue weighted by molar-refractivity contribution is 5.33. The first-order valence-corrected chi connectivity index (χ1v) is 4.86. The van der Waals surface area contributed by atoms with Crippen molar-refractivity contribution >= 4 is 0 Å². The van der Waals surface area contributed by atoms with Crippen LogP contribution in [0.2, 0.25) is 0 Å². The summed E-state index contributed by atoms with van der Waals surface area (Å²) in [7, 11) is 0. The van der Waals surface area contributed by atoms with E-state index >= 15 is 0 Å². The topological polar surface area (TPSA) is 21.3 Å². The van der Waals surface area contributed by atoms with Gasteiger partial charge in [0.2, 0.25) is 0 Å². The smallest absolute Gasteiger partial charge is 0.123 e. The Morgan fingerprint density at radius 2 is 2.14 bits per heavy atom. The van der Waals surface area contributed by atoms with Crippen molar-refractivity contribution in [3.05, 3.63) is 29.8 Å². The van der Waals surface area contributed by atoms with Gasteiger partial charge in [-0.2, -0.15) is 0 Å². The Morgan fingerprint density at radius 1 is 1.36 bits per heavy atom. The molecule has 0 heterocycles. The number of ether oxygens (including phenoxy) is 1. The van der Waals surface area contributed by atoms with Gasteiger partial charge in [0, 0.05) is 12.1 Å². The summed E-state index contributed by atoms with van der Waals surface area (Å²) in [4.78, 5) is 0. The van der Waals surface area contributed by atoms with Crippen LogP contribution < -0.4 is 10.1 Å². The third-order valence-electron chi connectivity index (χ3n) is 1.87. The lowest BCUT2D eigenvalue weighted by atomic mass is 10.2. The quantitative estimate of drug-likeness (QED) is 0.754. The zero-order chi connectivity index (χ0) is 10.2. The first-order chi connectivity index (χ1) is 6.88. The van der Waals surface area contributed by atoms with Crippen LogP contribution in [0.4, 0.5) is 4.39 Å². The fourth-order valence-corrected chi connectivity index (χ4v) is 1.20. The van der Waals surface area contributed by atoms with E-state index in [1.807, 2.05) is 31.2 Å². The summed E-state index contributed by atoms with van der Waals surface area (Å²) in [5, 5.41) is 3.21. The molecular weight excluding hydrogens is 181 g/mol. The highest BCUT2D eigenvalue weighted by atomic mass is 19.1. The van der Waals surface area contributed by atoms with Crippen LogP contribution >= 0.6 is 0 Å². The number of benzene rings is 1. The normalized spacial score (nSPS) is 10.1. The molecule has 0 aromatic heterocycles. The number of para-hydroxylation sites is 1. The summed E-state index contributed by atoms with van der Waals surface area (Å²) < 4.78 is 17.2. The summed E-state index contributed by atoms with van der Waals surface area (Å²) in [6.07, 6.45) is 0. The van der Waals surface area contributed by atoms with Gasteiger partial charge in [0.15, 0.2) is 0 Å². The minimum Gasteiger partial charge on any atom is -0.491 e. The maximum atomic E-state index is 11.9. The molecule has 0 bridgehead atoms. The summed E-state index contributed by atoms with van der Waals surface area (Å²) in [5.41, 5.74) is 1.07. The molecule has 3 heteroatoms. The van der Waals surface area contributed by atoms with Gasteiger partial charge in [-0.3, -0.25) is 0 Å². The van der Waals surface area contributed by atoms with Crippen molar-refractivity contribution in [3.63, 3.8) is 0 Å². The highest BCUT2D eigenvalue weighted by Crippen LogP contribution is 2.17. The first-order valence-electron chi connectivity index (χ1n) is 4.86. The minimum absolute atomic E-state index is 0.128. The number of nitrogens with one attached hydrogen (secondary N) is 1. The summed E-state index contributed by atoms with van der Waals surface area (Å²) in [6.45, 7) is 3.40. The Balaban J connectivity index is 2.60. The molecule has 0 spiro atoms. The molecule has 0 unspecified atom stereocenters. The average molecular weight is 197 g/mol. The molecule has 0 aliphatic rings. The zero-order valence-electron chi connectivity index (χ0n) is 8.42. The van der Waals surface area contributed by atoms with E-state index in [4.69, 9.17) is 4.74 Å². The van der Waals surface area contributed by atoms with E-state index in [1.165, 1.54) is 0 Å². The van der Waals surface area contributed by atoms with Gasteiger partial charge >= 0.3 is 0 Å². The van der Waals surface area contributed by atoms with E-state index in [0.29, 0.717) is 0 Å². The largest absolute Gasteiger partial charge is 0.491 e. The molecule has 1 rings (SSSR count). The fourth-order valence-electron chi connectivity index (χ4n) is 1.20. The molecule has 2 nitrogen and oxygen atoms in total. The van der Waals surface area contributed by atoms with Gasteiger partial charge in [-0.15, -0.1) is 0 Å². The van der Waals surface area contributed by atoms with Gasteiger partial charge in [0.25, 0.3) is 0 Å². The van der Waals surface area contributed by atoms with Crippen LogP contribution in [0.3, 0.4) is 0 Å². The predicted octanol–water partition coefficient (Wildman–Crippen LogP) is 2.14. The van der Waals surface area contributed by atoms with Crippen molar-refractivity contribution in [2.75, 3.05) is 19.8 Å². The highest BCUT2D eigenvalue weighted by Gasteiger charge is 2.01. The van der Waals surface area contributed by atoms with Crippen molar-refractivity contribution in [1.82, 2.24) is 5.32 Å². The number of alkyl halides is 1. The third kappa shape index (κ3) is 3.34. The second kappa shape index (κ2) is 6.38. The molecule has 1 aromatic rings. The average Bonchev–Trinajstić information content (AvgIpc) is 2.24. The van der Waals surface area contributed by atoms with E-state index in [-0.39, 0.29) is 6.61 Å². The molecule has 0 saturated heterocycles. The molecule has 1 N–H and O–H groups in total. The predicted molar refractivity (Wildman–Crippen MR) is 55.3 cm³/mol. The second-order valence-corrected chi connectivity index (χ2v) is 2.93.